The zero-order chi connectivity index (χ0) is 31.6. The highest BCUT2D eigenvalue weighted by Crippen LogP contribution is 2.27. The van der Waals surface area contributed by atoms with Gasteiger partial charge in [-0.25, -0.2) is 4.68 Å². The fourth-order valence-electron chi connectivity index (χ4n) is 6.21. The van der Waals surface area contributed by atoms with Gasteiger partial charge < -0.3 is 30.9 Å². The minimum atomic E-state index is -0.876. The Morgan fingerprint density at radius 2 is 1.67 bits per heavy atom. The number of aromatic nitrogens is 2. The number of nitrogens with zero attached hydrogens (tertiary/aromatic N) is 3. The minimum Gasteiger partial charge on any atom is -0.393 e. The first kappa shape index (κ1) is 29.7. The SMILES string of the molecule is O=C(Nc1ccc2c(c1)C=C[NH+]2CCO)c1ccc(-n2ncc3cc(NC(O)c4ccc(N5CCC(O)CC5)cc4)ccc32)cc1. The van der Waals surface area contributed by atoms with Gasteiger partial charge in [0.25, 0.3) is 5.91 Å². The van der Waals surface area contributed by atoms with Crippen molar-refractivity contribution in [2.45, 2.75) is 25.2 Å². The van der Waals surface area contributed by atoms with Crippen molar-refractivity contribution in [1.82, 2.24) is 9.78 Å². The fraction of sp³-hybridized carbons (Fsp3) is 0.222. The van der Waals surface area contributed by atoms with Gasteiger partial charge in [0, 0.05) is 64.4 Å². The molecule has 0 spiro atoms. The summed E-state index contributed by atoms with van der Waals surface area (Å²) >= 11 is 0. The van der Waals surface area contributed by atoms with Crippen molar-refractivity contribution in [2.75, 3.05) is 41.8 Å². The quantitative estimate of drug-likeness (QED) is 0.139. The third kappa shape index (κ3) is 6.11. The Balaban J connectivity index is 0.991. The molecule has 0 saturated carbocycles. The molecule has 234 valence electrons. The van der Waals surface area contributed by atoms with Crippen LogP contribution in [0.4, 0.5) is 22.7 Å². The first-order chi connectivity index (χ1) is 22.4. The Labute approximate surface area is 266 Å². The predicted molar refractivity (Wildman–Crippen MR) is 180 cm³/mol. The summed E-state index contributed by atoms with van der Waals surface area (Å²) in [5.74, 6) is -0.200. The summed E-state index contributed by atoms with van der Waals surface area (Å²) in [6, 6.07) is 26.8. The highest BCUT2D eigenvalue weighted by Gasteiger charge is 2.20. The number of amides is 1. The van der Waals surface area contributed by atoms with E-state index in [-0.39, 0.29) is 18.6 Å². The van der Waals surface area contributed by atoms with Gasteiger partial charge in [0.15, 0.2) is 6.23 Å². The molecule has 1 amide bonds. The predicted octanol–water partition coefficient (Wildman–Crippen LogP) is 3.83. The lowest BCUT2D eigenvalue weighted by molar-refractivity contribution is -0.772. The first-order valence-corrected chi connectivity index (χ1v) is 15.6. The van der Waals surface area contributed by atoms with Gasteiger partial charge in [0.05, 0.1) is 30.1 Å². The summed E-state index contributed by atoms with van der Waals surface area (Å²) in [5, 5.41) is 41.6. The smallest absolute Gasteiger partial charge is 0.255 e. The van der Waals surface area contributed by atoms with E-state index in [1.54, 1.807) is 18.3 Å². The van der Waals surface area contributed by atoms with Crippen molar-refractivity contribution in [2.24, 2.45) is 0 Å². The van der Waals surface area contributed by atoms with Crippen LogP contribution in [0.1, 0.15) is 40.6 Å². The van der Waals surface area contributed by atoms with Crippen LogP contribution in [0.5, 0.6) is 0 Å². The molecule has 2 aliphatic rings. The molecule has 1 saturated heterocycles. The van der Waals surface area contributed by atoms with E-state index in [4.69, 9.17) is 0 Å². The zero-order valence-corrected chi connectivity index (χ0v) is 25.3. The number of carbonyl (C=O) groups excluding carboxylic acids is 1. The zero-order valence-electron chi connectivity index (χ0n) is 25.3. The molecule has 3 heterocycles. The number of hydrogen-bond acceptors (Lipinski definition) is 7. The van der Waals surface area contributed by atoms with Crippen LogP contribution in [0.25, 0.3) is 22.7 Å². The van der Waals surface area contributed by atoms with Crippen LogP contribution in [-0.4, -0.2) is 63.4 Å². The second-order valence-electron chi connectivity index (χ2n) is 11.8. The molecular weight excluding hydrogens is 580 g/mol. The molecule has 10 nitrogen and oxygen atoms in total. The van der Waals surface area contributed by atoms with Crippen molar-refractivity contribution >= 4 is 45.6 Å². The lowest BCUT2D eigenvalue weighted by Gasteiger charge is -2.31. The second kappa shape index (κ2) is 12.8. The van der Waals surface area contributed by atoms with E-state index in [1.807, 2.05) is 89.8 Å². The number of carbonyl (C=O) groups is 1. The average molecular weight is 618 g/mol. The van der Waals surface area contributed by atoms with Crippen molar-refractivity contribution in [3.8, 4) is 5.69 Å². The minimum absolute atomic E-state index is 0.105. The molecule has 6 N–H and O–H groups in total. The molecular formula is C36H37N6O4+. The number of aliphatic hydroxyl groups excluding tert-OH is 3. The number of benzene rings is 4. The number of fused-ring (bicyclic) bond motifs is 2. The van der Waals surface area contributed by atoms with Gasteiger partial charge in [-0.05, 0) is 79.6 Å². The third-order valence-electron chi connectivity index (χ3n) is 8.78. The number of hydrogen-bond donors (Lipinski definition) is 6. The van der Waals surface area contributed by atoms with E-state index >= 15 is 0 Å². The Kier molecular flexibility index (Phi) is 8.25. The Morgan fingerprint density at radius 1 is 0.935 bits per heavy atom. The number of anilines is 3. The summed E-state index contributed by atoms with van der Waals surface area (Å²) in [6.45, 7) is 2.37. The normalized spacial score (nSPS) is 16.8. The van der Waals surface area contributed by atoms with Gasteiger partial charge in [-0.3, -0.25) is 9.69 Å². The average Bonchev–Trinajstić information content (AvgIpc) is 3.69. The van der Waals surface area contributed by atoms with Crippen LogP contribution in [-0.2, 0) is 0 Å². The van der Waals surface area contributed by atoms with Gasteiger partial charge in [0.2, 0.25) is 0 Å². The maximum absolute atomic E-state index is 13.0. The highest BCUT2D eigenvalue weighted by molar-refractivity contribution is 6.04. The van der Waals surface area contributed by atoms with Gasteiger partial charge in [-0.2, -0.15) is 5.10 Å². The van der Waals surface area contributed by atoms with Crippen LogP contribution in [0.2, 0.25) is 0 Å². The topological polar surface area (TPSA) is 127 Å². The number of quaternary nitrogens is 1. The summed E-state index contributed by atoms with van der Waals surface area (Å²) in [4.78, 5) is 16.3. The Morgan fingerprint density at radius 3 is 2.43 bits per heavy atom. The Bertz CT molecular complexity index is 1880. The molecule has 7 rings (SSSR count). The number of aliphatic hydroxyl groups is 3. The molecule has 5 aromatic rings. The summed E-state index contributed by atoms with van der Waals surface area (Å²) in [5.41, 5.74) is 7.71. The van der Waals surface area contributed by atoms with Crippen molar-refractivity contribution < 1.29 is 25.0 Å². The van der Waals surface area contributed by atoms with Crippen LogP contribution in [0, 0.1) is 0 Å². The number of rotatable bonds is 9. The number of nitrogens with one attached hydrogen (secondary N) is 3. The Hall–Kier alpha value is -5.00. The van der Waals surface area contributed by atoms with Crippen LogP contribution >= 0.6 is 0 Å². The van der Waals surface area contributed by atoms with Gasteiger partial charge in [-0.1, -0.05) is 12.1 Å². The lowest BCUT2D eigenvalue weighted by Crippen LogP contribution is -3.02. The molecule has 1 fully saturated rings. The molecule has 10 heteroatoms. The maximum Gasteiger partial charge on any atom is 0.255 e. The molecule has 0 aliphatic carbocycles. The third-order valence-corrected chi connectivity index (χ3v) is 8.78. The van der Waals surface area contributed by atoms with Crippen molar-refractivity contribution in [1.29, 1.82) is 0 Å². The first-order valence-electron chi connectivity index (χ1n) is 15.6. The summed E-state index contributed by atoms with van der Waals surface area (Å²) in [7, 11) is 0. The van der Waals surface area contributed by atoms with E-state index in [0.29, 0.717) is 17.8 Å². The van der Waals surface area contributed by atoms with E-state index in [9.17, 15) is 20.1 Å². The molecule has 2 aliphatic heterocycles. The van der Waals surface area contributed by atoms with Gasteiger partial charge in [-0.15, -0.1) is 0 Å². The summed E-state index contributed by atoms with van der Waals surface area (Å²) < 4.78 is 1.82. The van der Waals surface area contributed by atoms with Crippen LogP contribution in [0.15, 0.2) is 97.3 Å². The van der Waals surface area contributed by atoms with Crippen molar-refractivity contribution in [3.63, 3.8) is 0 Å². The highest BCUT2D eigenvalue weighted by atomic mass is 16.3. The van der Waals surface area contributed by atoms with Crippen LogP contribution in [0.3, 0.4) is 0 Å². The van der Waals surface area contributed by atoms with Gasteiger partial charge >= 0.3 is 0 Å². The second-order valence-corrected chi connectivity index (χ2v) is 11.8. The molecule has 0 radical (unpaired) electrons. The maximum atomic E-state index is 13.0. The molecule has 46 heavy (non-hydrogen) atoms. The van der Waals surface area contributed by atoms with Crippen LogP contribution < -0.4 is 20.4 Å². The molecule has 0 bridgehead atoms. The van der Waals surface area contributed by atoms with E-state index in [0.717, 1.165) is 75.6 Å². The van der Waals surface area contributed by atoms with E-state index < -0.39 is 6.23 Å². The standard InChI is InChI=1S/C36H36N6O4/c43-20-19-41-16-13-26-21-28(5-11-33(26)41)38-36(46)25-3-9-31(10-4-25)42-34-12-6-29(22-27(34)23-37-42)39-35(45)24-1-7-30(8-2-24)40-17-14-32(44)15-18-40/h1-13,16,21-23,32,35,39,43-45H,14-15,17-20H2,(H,38,46)/p+1. The fourth-order valence-corrected chi connectivity index (χ4v) is 6.21. The molecule has 2 atom stereocenters. The van der Waals surface area contributed by atoms with Crippen molar-refractivity contribution in [3.05, 3.63) is 114 Å². The van der Waals surface area contributed by atoms with Gasteiger partial charge in [0.1, 0.15) is 18.4 Å². The molecule has 2 unspecified atom stereocenters. The van der Waals surface area contributed by atoms with E-state index in [2.05, 4.69) is 20.6 Å². The van der Waals surface area contributed by atoms with E-state index in [1.165, 1.54) is 0 Å². The summed E-state index contributed by atoms with van der Waals surface area (Å²) in [6.07, 6.45) is 6.25. The number of piperidine rings is 1. The molecule has 4 aromatic carbocycles. The lowest BCUT2D eigenvalue weighted by atomic mass is 10.1. The molecule has 1 aromatic heterocycles. The monoisotopic (exact) mass is 617 g/mol. The largest absolute Gasteiger partial charge is 0.393 e.